The highest BCUT2D eigenvalue weighted by molar-refractivity contribution is 6.21. The molecular formula is C18H23N3O5. The number of hydrogen-bond donors (Lipinski definition) is 2. The van der Waals surface area contributed by atoms with Gasteiger partial charge in [-0.3, -0.25) is 9.59 Å². The number of rotatable bonds is 4. The summed E-state index contributed by atoms with van der Waals surface area (Å²) < 4.78 is 5.20. The van der Waals surface area contributed by atoms with E-state index in [2.05, 4.69) is 5.10 Å². The third-order valence-electron chi connectivity index (χ3n) is 5.08. The number of amides is 2. The Morgan fingerprint density at radius 1 is 1.46 bits per heavy atom. The van der Waals surface area contributed by atoms with Crippen LogP contribution >= 0.6 is 0 Å². The fourth-order valence-electron chi connectivity index (χ4n) is 3.22. The number of aliphatic hydroxyl groups excluding tert-OH is 1. The van der Waals surface area contributed by atoms with Gasteiger partial charge in [0.15, 0.2) is 5.60 Å². The number of hydrazone groups is 1. The minimum Gasteiger partial charge on any atom is -0.388 e. The molecule has 2 heterocycles. The molecule has 0 unspecified atom stereocenters. The summed E-state index contributed by atoms with van der Waals surface area (Å²) in [4.78, 5) is 26.7. The van der Waals surface area contributed by atoms with Crippen LogP contribution in [0.5, 0.6) is 0 Å². The summed E-state index contributed by atoms with van der Waals surface area (Å²) in [6, 6.07) is 6.08. The van der Waals surface area contributed by atoms with Crippen LogP contribution in [0.2, 0.25) is 0 Å². The molecule has 3 rings (SSSR count). The Bertz CT molecular complexity index is 765. The van der Waals surface area contributed by atoms with E-state index in [-0.39, 0.29) is 25.5 Å². The van der Waals surface area contributed by atoms with Gasteiger partial charge in [0, 0.05) is 12.6 Å². The zero-order valence-corrected chi connectivity index (χ0v) is 15.0. The van der Waals surface area contributed by atoms with Crippen LogP contribution in [0.25, 0.3) is 0 Å². The molecule has 8 nitrogen and oxygen atoms in total. The largest absolute Gasteiger partial charge is 0.388 e. The van der Waals surface area contributed by atoms with Crippen molar-refractivity contribution in [3.63, 3.8) is 0 Å². The standard InChI is InChI=1S/C18H23N3O5/c1-4-18(25)11(2)19-21(17(18)24)13-7-5-6-12(8-13)16(23)20(3)14-9-26-10-15(14)22/h5-8,14-15,22,25H,4,9-10H2,1-3H3/t14-,15-,18+/m0/s1. The van der Waals surface area contributed by atoms with Crippen molar-refractivity contribution in [2.75, 3.05) is 25.3 Å². The molecule has 0 aliphatic carbocycles. The normalized spacial score (nSPS) is 28.4. The lowest BCUT2D eigenvalue weighted by atomic mass is 9.95. The number of hydrogen-bond acceptors (Lipinski definition) is 6. The minimum absolute atomic E-state index is 0.203. The van der Waals surface area contributed by atoms with Crippen LogP contribution in [0.1, 0.15) is 30.6 Å². The van der Waals surface area contributed by atoms with Crippen LogP contribution in [0.3, 0.4) is 0 Å². The number of likely N-dealkylation sites (N-methyl/N-ethyl adjacent to an activating group) is 1. The van der Waals surface area contributed by atoms with Gasteiger partial charge in [-0.05, 0) is 31.5 Å². The zero-order chi connectivity index (χ0) is 19.1. The molecule has 8 heteroatoms. The molecule has 1 fully saturated rings. The highest BCUT2D eigenvalue weighted by atomic mass is 16.5. The molecule has 1 aromatic carbocycles. The predicted molar refractivity (Wildman–Crippen MR) is 95.0 cm³/mol. The Morgan fingerprint density at radius 3 is 2.77 bits per heavy atom. The second-order valence-electron chi connectivity index (χ2n) is 6.65. The number of carbonyl (C=O) groups is 2. The molecule has 0 bridgehead atoms. The van der Waals surface area contributed by atoms with E-state index in [0.717, 1.165) is 5.01 Å². The van der Waals surface area contributed by atoms with Crippen LogP contribution < -0.4 is 5.01 Å². The van der Waals surface area contributed by atoms with E-state index in [1.165, 1.54) is 4.90 Å². The maximum Gasteiger partial charge on any atom is 0.285 e. The molecule has 2 aliphatic rings. The molecule has 2 aliphatic heterocycles. The Morgan fingerprint density at radius 2 is 2.19 bits per heavy atom. The third kappa shape index (κ3) is 2.90. The fourth-order valence-corrected chi connectivity index (χ4v) is 3.22. The van der Waals surface area contributed by atoms with Gasteiger partial charge < -0.3 is 19.8 Å². The number of anilines is 1. The lowest BCUT2D eigenvalue weighted by molar-refractivity contribution is -0.129. The van der Waals surface area contributed by atoms with Crippen LogP contribution in [0, 0.1) is 0 Å². The van der Waals surface area contributed by atoms with Crippen molar-refractivity contribution >= 4 is 23.2 Å². The van der Waals surface area contributed by atoms with Gasteiger partial charge in [-0.25, -0.2) is 0 Å². The molecule has 26 heavy (non-hydrogen) atoms. The van der Waals surface area contributed by atoms with E-state index in [1.54, 1.807) is 45.2 Å². The molecule has 1 saturated heterocycles. The third-order valence-corrected chi connectivity index (χ3v) is 5.08. The van der Waals surface area contributed by atoms with Crippen molar-refractivity contribution < 1.29 is 24.5 Å². The highest BCUT2D eigenvalue weighted by Crippen LogP contribution is 2.29. The smallest absolute Gasteiger partial charge is 0.285 e. The first-order valence-corrected chi connectivity index (χ1v) is 8.55. The quantitative estimate of drug-likeness (QED) is 0.807. The van der Waals surface area contributed by atoms with Crippen molar-refractivity contribution in [1.29, 1.82) is 0 Å². The van der Waals surface area contributed by atoms with Crippen molar-refractivity contribution in [2.24, 2.45) is 5.10 Å². The molecule has 0 aromatic heterocycles. The van der Waals surface area contributed by atoms with Gasteiger partial charge in [0.1, 0.15) is 0 Å². The fraction of sp³-hybridized carbons (Fsp3) is 0.500. The van der Waals surface area contributed by atoms with E-state index in [1.807, 2.05) is 0 Å². The van der Waals surface area contributed by atoms with Crippen molar-refractivity contribution in [3.8, 4) is 0 Å². The second-order valence-corrected chi connectivity index (χ2v) is 6.65. The summed E-state index contributed by atoms with van der Waals surface area (Å²) in [6.07, 6.45) is -0.502. The molecule has 140 valence electrons. The van der Waals surface area contributed by atoms with Crippen molar-refractivity contribution in [3.05, 3.63) is 29.8 Å². The van der Waals surface area contributed by atoms with E-state index in [4.69, 9.17) is 4.74 Å². The summed E-state index contributed by atoms with van der Waals surface area (Å²) in [7, 11) is 1.61. The summed E-state index contributed by atoms with van der Waals surface area (Å²) in [5.74, 6) is -0.824. The van der Waals surface area contributed by atoms with Crippen LogP contribution in [0.15, 0.2) is 29.4 Å². The maximum atomic E-state index is 12.7. The summed E-state index contributed by atoms with van der Waals surface area (Å²) in [5.41, 5.74) is -0.523. The maximum absolute atomic E-state index is 12.7. The lowest BCUT2D eigenvalue weighted by Crippen LogP contribution is -2.45. The first-order chi connectivity index (χ1) is 12.3. The summed E-state index contributed by atoms with van der Waals surface area (Å²) in [5, 5.41) is 25.7. The molecule has 0 spiro atoms. The van der Waals surface area contributed by atoms with Gasteiger partial charge in [0.05, 0.1) is 36.8 Å². The van der Waals surface area contributed by atoms with Crippen LogP contribution in [0.4, 0.5) is 5.69 Å². The van der Waals surface area contributed by atoms with Gasteiger partial charge >= 0.3 is 0 Å². The van der Waals surface area contributed by atoms with Gasteiger partial charge in [-0.15, -0.1) is 0 Å². The highest BCUT2D eigenvalue weighted by Gasteiger charge is 2.46. The van der Waals surface area contributed by atoms with Gasteiger partial charge in [0.2, 0.25) is 0 Å². The molecule has 1 aromatic rings. The molecule has 3 atom stereocenters. The first-order valence-electron chi connectivity index (χ1n) is 8.55. The predicted octanol–water partition coefficient (Wildman–Crippen LogP) is 0.382. The van der Waals surface area contributed by atoms with Crippen LogP contribution in [-0.4, -0.2) is 70.6 Å². The Hall–Kier alpha value is -2.29. The summed E-state index contributed by atoms with van der Waals surface area (Å²) >= 11 is 0. The van der Waals surface area contributed by atoms with E-state index >= 15 is 0 Å². The molecule has 0 saturated carbocycles. The molecule has 0 radical (unpaired) electrons. The summed E-state index contributed by atoms with van der Waals surface area (Å²) in [6.45, 7) is 3.80. The number of ether oxygens (including phenoxy) is 1. The van der Waals surface area contributed by atoms with E-state index in [9.17, 15) is 19.8 Å². The Labute approximate surface area is 151 Å². The SMILES string of the molecule is CC[C@]1(O)C(=O)N(c2cccc(C(=O)N(C)[C@H]3COC[C@@H]3O)c2)N=C1C. The Balaban J connectivity index is 1.85. The van der Waals surface area contributed by atoms with Gasteiger partial charge in [-0.2, -0.15) is 10.1 Å². The number of carbonyl (C=O) groups excluding carboxylic acids is 2. The number of aliphatic hydroxyl groups is 2. The topological polar surface area (TPSA) is 103 Å². The number of nitrogens with zero attached hydrogens (tertiary/aromatic N) is 3. The van der Waals surface area contributed by atoms with Crippen molar-refractivity contribution in [2.45, 2.75) is 38.0 Å². The van der Waals surface area contributed by atoms with E-state index in [0.29, 0.717) is 17.0 Å². The van der Waals surface area contributed by atoms with Crippen LogP contribution in [-0.2, 0) is 9.53 Å². The van der Waals surface area contributed by atoms with Gasteiger partial charge in [0.25, 0.3) is 11.8 Å². The number of benzene rings is 1. The molecular weight excluding hydrogens is 338 g/mol. The Kier molecular flexibility index (Phi) is 4.83. The van der Waals surface area contributed by atoms with Gasteiger partial charge in [-0.1, -0.05) is 13.0 Å². The average Bonchev–Trinajstić information content (AvgIpc) is 3.17. The monoisotopic (exact) mass is 361 g/mol. The molecule has 2 N–H and O–H groups in total. The molecule has 2 amide bonds. The average molecular weight is 361 g/mol. The van der Waals surface area contributed by atoms with Crippen molar-refractivity contribution in [1.82, 2.24) is 4.90 Å². The van der Waals surface area contributed by atoms with E-state index < -0.39 is 23.7 Å². The second kappa shape index (κ2) is 6.79. The minimum atomic E-state index is -1.61. The lowest BCUT2D eigenvalue weighted by Gasteiger charge is -2.26. The first kappa shape index (κ1) is 18.5. The zero-order valence-electron chi connectivity index (χ0n) is 15.0.